The summed E-state index contributed by atoms with van der Waals surface area (Å²) in [5.74, 6) is 0.986. The third kappa shape index (κ3) is 3.85. The van der Waals surface area contributed by atoms with E-state index in [1.165, 1.54) is 4.88 Å². The van der Waals surface area contributed by atoms with Gasteiger partial charge in [-0.1, -0.05) is 27.7 Å². The Balaban J connectivity index is 2.47. The highest BCUT2D eigenvalue weighted by atomic mass is 32.1. The molecule has 1 rings (SSSR count). The van der Waals surface area contributed by atoms with Crippen molar-refractivity contribution < 1.29 is 5.11 Å². The van der Waals surface area contributed by atoms with Gasteiger partial charge in [0.2, 0.25) is 0 Å². The normalized spacial score (nSPS) is 13.7. The Bertz CT molecular complexity index is 310. The molecule has 0 unspecified atom stereocenters. The first-order valence-corrected chi connectivity index (χ1v) is 6.65. The number of thiazole rings is 1. The number of hydrogen-bond acceptors (Lipinski definition) is 4. The fourth-order valence-corrected chi connectivity index (χ4v) is 2.28. The summed E-state index contributed by atoms with van der Waals surface area (Å²) in [6.45, 7) is 9.50. The first-order chi connectivity index (χ1) is 7.54. The monoisotopic (exact) mass is 242 g/mol. The van der Waals surface area contributed by atoms with Gasteiger partial charge in [0.25, 0.3) is 0 Å². The van der Waals surface area contributed by atoms with Crippen LogP contribution in [0, 0.1) is 5.92 Å². The zero-order valence-electron chi connectivity index (χ0n) is 10.5. The Labute approximate surface area is 102 Å². The molecule has 16 heavy (non-hydrogen) atoms. The van der Waals surface area contributed by atoms with Crippen molar-refractivity contribution in [2.45, 2.75) is 46.2 Å². The van der Waals surface area contributed by atoms with Gasteiger partial charge in [0.05, 0.1) is 6.61 Å². The van der Waals surface area contributed by atoms with Crippen molar-refractivity contribution in [3.63, 3.8) is 0 Å². The van der Waals surface area contributed by atoms with Gasteiger partial charge < -0.3 is 10.4 Å². The zero-order valence-corrected chi connectivity index (χ0v) is 11.3. The first-order valence-electron chi connectivity index (χ1n) is 5.83. The second kappa shape index (κ2) is 6.33. The molecule has 0 aliphatic carbocycles. The van der Waals surface area contributed by atoms with Crippen LogP contribution in [0.4, 0.5) is 0 Å². The number of nitrogens with zero attached hydrogens (tertiary/aromatic N) is 1. The topological polar surface area (TPSA) is 45.2 Å². The predicted molar refractivity (Wildman–Crippen MR) is 68.8 cm³/mol. The molecular formula is C12H22N2OS. The van der Waals surface area contributed by atoms with Crippen LogP contribution in [0.5, 0.6) is 0 Å². The van der Waals surface area contributed by atoms with Gasteiger partial charge >= 0.3 is 0 Å². The molecule has 92 valence electrons. The smallest absolute Gasteiger partial charge is 0.107 e. The van der Waals surface area contributed by atoms with E-state index in [9.17, 15) is 5.11 Å². The van der Waals surface area contributed by atoms with Crippen molar-refractivity contribution in [2.75, 3.05) is 6.61 Å². The summed E-state index contributed by atoms with van der Waals surface area (Å²) in [6.07, 6.45) is 1.95. The minimum Gasteiger partial charge on any atom is -0.395 e. The molecule has 3 nitrogen and oxygen atoms in total. The minimum absolute atomic E-state index is 0.159. The van der Waals surface area contributed by atoms with Crippen LogP contribution in [0.2, 0.25) is 0 Å². The van der Waals surface area contributed by atoms with Crippen LogP contribution in [-0.4, -0.2) is 22.7 Å². The number of aliphatic hydroxyl groups is 1. The number of nitrogens with one attached hydrogen (secondary N) is 1. The average molecular weight is 242 g/mol. The van der Waals surface area contributed by atoms with Crippen molar-refractivity contribution in [1.82, 2.24) is 10.3 Å². The van der Waals surface area contributed by atoms with E-state index >= 15 is 0 Å². The predicted octanol–water partition coefficient (Wildman–Crippen LogP) is 2.37. The summed E-state index contributed by atoms with van der Waals surface area (Å²) in [6, 6.07) is 0.159. The minimum atomic E-state index is 0.159. The summed E-state index contributed by atoms with van der Waals surface area (Å²) >= 11 is 1.75. The lowest BCUT2D eigenvalue weighted by Gasteiger charge is -2.18. The van der Waals surface area contributed by atoms with Gasteiger partial charge in [0.1, 0.15) is 5.01 Å². The molecule has 4 heteroatoms. The van der Waals surface area contributed by atoms with Gasteiger partial charge in [-0.25, -0.2) is 4.98 Å². The van der Waals surface area contributed by atoms with E-state index in [0.29, 0.717) is 11.8 Å². The fraction of sp³-hybridized carbons (Fsp3) is 0.750. The molecule has 0 aliphatic heterocycles. The van der Waals surface area contributed by atoms with E-state index in [-0.39, 0.29) is 12.6 Å². The molecule has 0 radical (unpaired) electrons. The molecule has 1 atom stereocenters. The maximum atomic E-state index is 9.19. The van der Waals surface area contributed by atoms with E-state index in [4.69, 9.17) is 0 Å². The van der Waals surface area contributed by atoms with Gasteiger partial charge in [0.15, 0.2) is 0 Å². The summed E-state index contributed by atoms with van der Waals surface area (Å²) in [5, 5.41) is 13.6. The molecule has 1 aromatic heterocycles. The highest BCUT2D eigenvalue weighted by molar-refractivity contribution is 7.11. The van der Waals surface area contributed by atoms with E-state index in [1.54, 1.807) is 11.3 Å². The Morgan fingerprint density at radius 2 is 2.06 bits per heavy atom. The van der Waals surface area contributed by atoms with Gasteiger partial charge in [0, 0.05) is 23.7 Å². The van der Waals surface area contributed by atoms with Gasteiger partial charge in [-0.15, -0.1) is 11.3 Å². The lowest BCUT2D eigenvalue weighted by atomic mass is 10.1. The van der Waals surface area contributed by atoms with Gasteiger partial charge in [-0.05, 0) is 11.8 Å². The summed E-state index contributed by atoms with van der Waals surface area (Å²) in [4.78, 5) is 5.70. The van der Waals surface area contributed by atoms with Crippen molar-refractivity contribution in [2.24, 2.45) is 5.92 Å². The van der Waals surface area contributed by atoms with Crippen LogP contribution in [0.25, 0.3) is 0 Å². The van der Waals surface area contributed by atoms with Gasteiger partial charge in [-0.2, -0.15) is 0 Å². The van der Waals surface area contributed by atoms with Crippen LogP contribution < -0.4 is 5.32 Å². The first kappa shape index (κ1) is 13.6. The molecule has 0 aliphatic rings. The number of aromatic nitrogens is 1. The lowest BCUT2D eigenvalue weighted by Crippen LogP contribution is -2.36. The Morgan fingerprint density at radius 1 is 1.38 bits per heavy atom. The standard InChI is InChI=1S/C12H22N2OS/c1-8(2)10(7-15)13-6-12-14-5-11(16-12)9(3)4/h5,8-10,13,15H,6-7H2,1-4H3/t10-/m1/s1. The molecule has 0 fully saturated rings. The lowest BCUT2D eigenvalue weighted by molar-refractivity contribution is 0.210. The zero-order chi connectivity index (χ0) is 12.1. The highest BCUT2D eigenvalue weighted by Gasteiger charge is 2.12. The maximum absolute atomic E-state index is 9.19. The average Bonchev–Trinajstić information content (AvgIpc) is 2.67. The molecule has 0 saturated heterocycles. The van der Waals surface area contributed by atoms with Crippen molar-refractivity contribution in [3.8, 4) is 0 Å². The molecule has 1 aromatic rings. The molecule has 0 bridgehead atoms. The van der Waals surface area contributed by atoms with Crippen LogP contribution in [0.3, 0.4) is 0 Å². The van der Waals surface area contributed by atoms with Crippen molar-refractivity contribution >= 4 is 11.3 Å². The molecule has 1 heterocycles. The largest absolute Gasteiger partial charge is 0.395 e. The number of rotatable bonds is 6. The molecule has 0 aromatic carbocycles. The second-order valence-corrected chi connectivity index (χ2v) is 5.87. The SMILES string of the molecule is CC(C)c1cnc(CN[C@H](CO)C(C)C)s1. The second-order valence-electron chi connectivity index (χ2n) is 4.73. The summed E-state index contributed by atoms with van der Waals surface area (Å²) in [5.41, 5.74) is 0. The van der Waals surface area contributed by atoms with Gasteiger partial charge in [-0.3, -0.25) is 0 Å². The number of hydrogen-bond donors (Lipinski definition) is 2. The molecular weight excluding hydrogens is 220 g/mol. The van der Waals surface area contributed by atoms with Crippen LogP contribution >= 0.6 is 11.3 Å². The molecule has 0 spiro atoms. The summed E-state index contributed by atoms with van der Waals surface area (Å²) in [7, 11) is 0. The Morgan fingerprint density at radius 3 is 2.50 bits per heavy atom. The van der Waals surface area contributed by atoms with Crippen LogP contribution in [0.15, 0.2) is 6.20 Å². The van der Waals surface area contributed by atoms with Crippen molar-refractivity contribution in [3.05, 3.63) is 16.1 Å². The van der Waals surface area contributed by atoms with Crippen molar-refractivity contribution in [1.29, 1.82) is 0 Å². The van der Waals surface area contributed by atoms with Crippen LogP contribution in [-0.2, 0) is 6.54 Å². The Hall–Kier alpha value is -0.450. The molecule has 0 amide bonds. The van der Waals surface area contributed by atoms with E-state index in [1.807, 2.05) is 6.20 Å². The van der Waals surface area contributed by atoms with E-state index in [2.05, 4.69) is 38.0 Å². The highest BCUT2D eigenvalue weighted by Crippen LogP contribution is 2.21. The molecule has 0 saturated carbocycles. The van der Waals surface area contributed by atoms with E-state index in [0.717, 1.165) is 11.6 Å². The number of aliphatic hydroxyl groups excluding tert-OH is 1. The van der Waals surface area contributed by atoms with E-state index < -0.39 is 0 Å². The third-order valence-electron chi connectivity index (χ3n) is 2.66. The molecule has 2 N–H and O–H groups in total. The maximum Gasteiger partial charge on any atom is 0.107 e. The quantitative estimate of drug-likeness (QED) is 0.805. The summed E-state index contributed by atoms with van der Waals surface area (Å²) < 4.78 is 0. The fourth-order valence-electron chi connectivity index (χ4n) is 1.40. The third-order valence-corrected chi connectivity index (χ3v) is 3.96. The van der Waals surface area contributed by atoms with Crippen LogP contribution in [0.1, 0.15) is 43.5 Å². The Kier molecular flexibility index (Phi) is 5.38.